The molecule has 0 spiro atoms. The zero-order valence-electron chi connectivity index (χ0n) is 15.1. The van der Waals surface area contributed by atoms with Crippen molar-refractivity contribution >= 4 is 6.29 Å². The molecule has 4 rings (SSSR count). The van der Waals surface area contributed by atoms with Gasteiger partial charge in [0.25, 0.3) is 0 Å². The molecule has 3 heteroatoms. The van der Waals surface area contributed by atoms with E-state index in [1.165, 1.54) is 0 Å². The van der Waals surface area contributed by atoms with Crippen molar-refractivity contribution in [2.24, 2.45) is 0 Å². The number of nitrogens with zero attached hydrogens (tertiary/aromatic N) is 2. The van der Waals surface area contributed by atoms with Crippen LogP contribution in [-0.2, 0) is 5.54 Å². The highest BCUT2D eigenvalue weighted by molar-refractivity contribution is 5.73. The van der Waals surface area contributed by atoms with Crippen molar-refractivity contribution in [3.63, 3.8) is 0 Å². The molecule has 0 fully saturated rings. The molecule has 1 aromatic heterocycles. The summed E-state index contributed by atoms with van der Waals surface area (Å²) in [7, 11) is 0. The van der Waals surface area contributed by atoms with Crippen LogP contribution in [0, 0.1) is 6.92 Å². The summed E-state index contributed by atoms with van der Waals surface area (Å²) in [4.78, 5) is 15.9. The molecule has 0 atom stereocenters. The van der Waals surface area contributed by atoms with Gasteiger partial charge in [0.05, 0.1) is 6.33 Å². The van der Waals surface area contributed by atoms with E-state index in [0.717, 1.165) is 28.7 Å². The summed E-state index contributed by atoms with van der Waals surface area (Å²) < 4.78 is 2.11. The molecule has 132 valence electrons. The fourth-order valence-electron chi connectivity index (χ4n) is 3.83. The van der Waals surface area contributed by atoms with Crippen LogP contribution >= 0.6 is 0 Å². The molecule has 0 N–H and O–H groups in total. The van der Waals surface area contributed by atoms with Gasteiger partial charge in [-0.25, -0.2) is 4.98 Å². The minimum atomic E-state index is -0.623. The van der Waals surface area contributed by atoms with E-state index in [1.54, 1.807) is 6.33 Å². The van der Waals surface area contributed by atoms with E-state index in [1.807, 2.05) is 61.5 Å². The number of carbonyl (C=O) groups excluding carboxylic acids is 1. The van der Waals surface area contributed by atoms with Crippen LogP contribution < -0.4 is 0 Å². The van der Waals surface area contributed by atoms with Crippen LogP contribution in [0.5, 0.6) is 0 Å². The van der Waals surface area contributed by atoms with E-state index in [4.69, 9.17) is 0 Å². The SMILES string of the molecule is Cc1c(C=O)ncn1C(c1ccccc1)(c1ccccc1)c1ccccc1. The molecule has 3 nitrogen and oxygen atoms in total. The van der Waals surface area contributed by atoms with E-state index < -0.39 is 5.54 Å². The topological polar surface area (TPSA) is 34.9 Å². The third kappa shape index (κ3) is 2.68. The molecule has 1 heterocycles. The Hall–Kier alpha value is -3.46. The van der Waals surface area contributed by atoms with Crippen LogP contribution in [0.4, 0.5) is 0 Å². The predicted molar refractivity (Wildman–Crippen MR) is 107 cm³/mol. The van der Waals surface area contributed by atoms with Gasteiger partial charge in [-0.1, -0.05) is 91.0 Å². The monoisotopic (exact) mass is 352 g/mol. The number of carbonyl (C=O) groups is 1. The first-order chi connectivity index (χ1) is 13.3. The average molecular weight is 352 g/mol. The molecule has 0 aliphatic heterocycles. The quantitative estimate of drug-likeness (QED) is 0.380. The van der Waals surface area contributed by atoms with Crippen molar-refractivity contribution < 1.29 is 4.79 Å². The van der Waals surface area contributed by atoms with Gasteiger partial charge in [0.2, 0.25) is 0 Å². The Bertz CT molecular complexity index is 941. The van der Waals surface area contributed by atoms with Gasteiger partial charge in [-0.2, -0.15) is 0 Å². The lowest BCUT2D eigenvalue weighted by Gasteiger charge is -2.38. The Morgan fingerprint density at radius 2 is 1.15 bits per heavy atom. The first-order valence-corrected chi connectivity index (χ1v) is 8.94. The van der Waals surface area contributed by atoms with E-state index in [9.17, 15) is 4.79 Å². The molecular formula is C24H20N2O. The van der Waals surface area contributed by atoms with Crippen molar-refractivity contribution in [1.82, 2.24) is 9.55 Å². The van der Waals surface area contributed by atoms with Crippen molar-refractivity contribution in [2.45, 2.75) is 12.5 Å². The lowest BCUT2D eigenvalue weighted by molar-refractivity contribution is 0.111. The number of aromatic nitrogens is 2. The molecule has 0 amide bonds. The smallest absolute Gasteiger partial charge is 0.170 e. The minimum absolute atomic E-state index is 0.460. The second-order valence-corrected chi connectivity index (χ2v) is 6.51. The van der Waals surface area contributed by atoms with Gasteiger partial charge >= 0.3 is 0 Å². The summed E-state index contributed by atoms with van der Waals surface area (Å²) in [6, 6.07) is 31.1. The molecule has 0 unspecified atom stereocenters. The Labute approximate surface area is 158 Å². The van der Waals surface area contributed by atoms with Gasteiger partial charge in [-0.05, 0) is 23.6 Å². The van der Waals surface area contributed by atoms with Crippen LogP contribution in [0.15, 0.2) is 97.3 Å². The Morgan fingerprint density at radius 1 is 0.741 bits per heavy atom. The highest BCUT2D eigenvalue weighted by Crippen LogP contribution is 2.41. The highest BCUT2D eigenvalue weighted by Gasteiger charge is 2.39. The third-order valence-corrected chi connectivity index (χ3v) is 5.09. The van der Waals surface area contributed by atoms with Crippen LogP contribution in [0.1, 0.15) is 32.9 Å². The first kappa shape index (κ1) is 17.0. The average Bonchev–Trinajstić information content (AvgIpc) is 3.12. The summed E-state index contributed by atoms with van der Waals surface area (Å²) >= 11 is 0. The number of hydrogen-bond acceptors (Lipinski definition) is 2. The normalized spacial score (nSPS) is 11.3. The largest absolute Gasteiger partial charge is 0.316 e. The summed E-state index contributed by atoms with van der Waals surface area (Å²) in [5.41, 5.74) is 4.01. The molecular weight excluding hydrogens is 332 g/mol. The maximum atomic E-state index is 11.5. The molecule has 0 saturated heterocycles. The molecule has 27 heavy (non-hydrogen) atoms. The van der Waals surface area contributed by atoms with Crippen LogP contribution in [-0.4, -0.2) is 15.8 Å². The van der Waals surface area contributed by atoms with Crippen molar-refractivity contribution in [1.29, 1.82) is 0 Å². The molecule has 0 saturated carbocycles. The van der Waals surface area contributed by atoms with Crippen molar-refractivity contribution in [3.05, 3.63) is 125 Å². The predicted octanol–water partition coefficient (Wildman–Crippen LogP) is 4.84. The first-order valence-electron chi connectivity index (χ1n) is 8.94. The molecule has 0 bridgehead atoms. The second kappa shape index (κ2) is 7.04. The second-order valence-electron chi connectivity index (χ2n) is 6.51. The highest BCUT2D eigenvalue weighted by atomic mass is 16.1. The Morgan fingerprint density at radius 3 is 1.48 bits per heavy atom. The maximum Gasteiger partial charge on any atom is 0.170 e. The Kier molecular flexibility index (Phi) is 4.43. The number of benzene rings is 3. The number of rotatable bonds is 5. The summed E-state index contributed by atoms with van der Waals surface area (Å²) in [5.74, 6) is 0. The van der Waals surface area contributed by atoms with Crippen LogP contribution in [0.3, 0.4) is 0 Å². The molecule has 0 aliphatic carbocycles. The van der Waals surface area contributed by atoms with Crippen molar-refractivity contribution in [2.75, 3.05) is 0 Å². The van der Waals surface area contributed by atoms with Gasteiger partial charge in [0, 0.05) is 5.69 Å². The summed E-state index contributed by atoms with van der Waals surface area (Å²) in [5, 5.41) is 0. The molecule has 4 aromatic rings. The third-order valence-electron chi connectivity index (χ3n) is 5.09. The summed E-state index contributed by atoms with van der Waals surface area (Å²) in [6.07, 6.45) is 2.59. The van der Waals surface area contributed by atoms with Gasteiger partial charge in [0.15, 0.2) is 6.29 Å². The van der Waals surface area contributed by atoms with E-state index in [2.05, 4.69) is 45.9 Å². The number of aldehydes is 1. The fourth-order valence-corrected chi connectivity index (χ4v) is 3.83. The minimum Gasteiger partial charge on any atom is -0.316 e. The van der Waals surface area contributed by atoms with Gasteiger partial charge < -0.3 is 4.57 Å². The van der Waals surface area contributed by atoms with E-state index in [0.29, 0.717) is 5.69 Å². The molecule has 3 aromatic carbocycles. The van der Waals surface area contributed by atoms with E-state index in [-0.39, 0.29) is 0 Å². The maximum absolute atomic E-state index is 11.5. The number of hydrogen-bond donors (Lipinski definition) is 0. The molecule has 0 aliphatic rings. The van der Waals surface area contributed by atoms with Gasteiger partial charge in [-0.15, -0.1) is 0 Å². The molecule has 0 radical (unpaired) electrons. The standard InChI is InChI=1S/C24H20N2O/c1-19-23(17-27)25-18-26(19)24(20-11-5-2-6-12-20,21-13-7-3-8-14-21)22-15-9-4-10-16-22/h2-18H,1H3. The zero-order chi connectivity index (χ0) is 18.7. The fraction of sp³-hybridized carbons (Fsp3) is 0.0833. The summed E-state index contributed by atoms with van der Waals surface area (Å²) in [6.45, 7) is 1.94. The lowest BCUT2D eigenvalue weighted by atomic mass is 9.76. The zero-order valence-corrected chi connectivity index (χ0v) is 15.1. The van der Waals surface area contributed by atoms with Gasteiger partial charge in [0.1, 0.15) is 11.2 Å². The van der Waals surface area contributed by atoms with E-state index >= 15 is 0 Å². The van der Waals surface area contributed by atoms with Crippen LogP contribution in [0.2, 0.25) is 0 Å². The Balaban J connectivity index is 2.16. The van der Waals surface area contributed by atoms with Crippen LogP contribution in [0.25, 0.3) is 0 Å². The number of imidazole rings is 1. The van der Waals surface area contributed by atoms with Gasteiger partial charge in [-0.3, -0.25) is 4.79 Å². The van der Waals surface area contributed by atoms with Crippen molar-refractivity contribution in [3.8, 4) is 0 Å². The lowest BCUT2D eigenvalue weighted by Crippen LogP contribution is -2.38.